The minimum absolute atomic E-state index is 0. The van der Waals surface area contributed by atoms with E-state index in [9.17, 15) is 4.79 Å². The molecule has 138 valence electrons. The summed E-state index contributed by atoms with van der Waals surface area (Å²) in [6.07, 6.45) is 3.50. The number of aromatic nitrogens is 1. The average molecular weight is 465 g/mol. The standard InChI is InChI=1S/C19H23N5O.HI/c1-20-19(22-12-9-16-7-4-5-11-21-16)23-14-18(25)24-13-10-15-6-2-3-8-17(15)24;/h2-8,11H,9-10,12-14H2,1H3,(H2,20,22,23);1H. The maximum absolute atomic E-state index is 12.5. The Morgan fingerprint density at radius 2 is 2.00 bits per heavy atom. The average Bonchev–Trinajstić information content (AvgIpc) is 3.09. The first kappa shape index (κ1) is 20.2. The van der Waals surface area contributed by atoms with Crippen LogP contribution in [0.3, 0.4) is 0 Å². The van der Waals surface area contributed by atoms with Crippen LogP contribution in [0.5, 0.6) is 0 Å². The molecule has 0 unspecified atom stereocenters. The largest absolute Gasteiger partial charge is 0.356 e. The monoisotopic (exact) mass is 465 g/mol. The summed E-state index contributed by atoms with van der Waals surface area (Å²) in [5.41, 5.74) is 3.27. The molecule has 2 aromatic rings. The number of para-hydroxylation sites is 1. The molecular formula is C19H24IN5O. The van der Waals surface area contributed by atoms with Crippen LogP contribution >= 0.6 is 24.0 Å². The molecule has 1 aromatic carbocycles. The molecule has 2 heterocycles. The van der Waals surface area contributed by atoms with Gasteiger partial charge >= 0.3 is 0 Å². The van der Waals surface area contributed by atoms with Crippen molar-refractivity contribution in [3.63, 3.8) is 0 Å². The summed E-state index contributed by atoms with van der Waals surface area (Å²) >= 11 is 0. The van der Waals surface area contributed by atoms with Gasteiger partial charge in [0, 0.05) is 44.1 Å². The Bertz CT molecular complexity index is 751. The van der Waals surface area contributed by atoms with Gasteiger partial charge < -0.3 is 15.5 Å². The normalized spacial score (nSPS) is 13.0. The van der Waals surface area contributed by atoms with Gasteiger partial charge in [0.15, 0.2) is 5.96 Å². The van der Waals surface area contributed by atoms with Crippen LogP contribution in [0.2, 0.25) is 0 Å². The molecule has 7 heteroatoms. The highest BCUT2D eigenvalue weighted by Crippen LogP contribution is 2.27. The van der Waals surface area contributed by atoms with Gasteiger partial charge in [-0.3, -0.25) is 14.8 Å². The lowest BCUT2D eigenvalue weighted by Gasteiger charge is -2.18. The van der Waals surface area contributed by atoms with E-state index in [1.54, 1.807) is 13.2 Å². The molecule has 26 heavy (non-hydrogen) atoms. The fourth-order valence-corrected chi connectivity index (χ4v) is 2.93. The molecule has 1 aromatic heterocycles. The molecule has 1 aliphatic rings. The Hall–Kier alpha value is -2.16. The second-order valence-electron chi connectivity index (χ2n) is 5.85. The van der Waals surface area contributed by atoms with Crippen LogP contribution in [0.1, 0.15) is 11.3 Å². The number of nitrogens with zero attached hydrogens (tertiary/aromatic N) is 3. The minimum Gasteiger partial charge on any atom is -0.356 e. The number of anilines is 1. The van der Waals surface area contributed by atoms with E-state index in [0.29, 0.717) is 12.5 Å². The Morgan fingerprint density at radius 1 is 1.19 bits per heavy atom. The molecule has 1 aliphatic heterocycles. The molecule has 0 spiro atoms. The van der Waals surface area contributed by atoms with Crippen LogP contribution in [-0.4, -0.2) is 43.5 Å². The number of pyridine rings is 1. The predicted octanol–water partition coefficient (Wildman–Crippen LogP) is 2.00. The van der Waals surface area contributed by atoms with Crippen molar-refractivity contribution in [2.75, 3.05) is 31.6 Å². The second-order valence-corrected chi connectivity index (χ2v) is 5.85. The van der Waals surface area contributed by atoms with Crippen LogP contribution in [0.25, 0.3) is 0 Å². The lowest BCUT2D eigenvalue weighted by molar-refractivity contribution is -0.117. The van der Waals surface area contributed by atoms with Crippen molar-refractivity contribution in [3.05, 3.63) is 59.9 Å². The summed E-state index contributed by atoms with van der Waals surface area (Å²) in [7, 11) is 1.70. The minimum atomic E-state index is 0. The number of hydrogen-bond donors (Lipinski definition) is 2. The highest BCUT2D eigenvalue weighted by molar-refractivity contribution is 14.0. The molecule has 1 amide bonds. The number of benzene rings is 1. The molecule has 0 radical (unpaired) electrons. The van der Waals surface area contributed by atoms with E-state index >= 15 is 0 Å². The third-order valence-electron chi connectivity index (χ3n) is 4.22. The first-order valence-corrected chi connectivity index (χ1v) is 8.50. The zero-order valence-electron chi connectivity index (χ0n) is 14.8. The number of guanidine groups is 1. The summed E-state index contributed by atoms with van der Waals surface area (Å²) in [6, 6.07) is 13.9. The maximum Gasteiger partial charge on any atom is 0.246 e. The number of aliphatic imine (C=N–C) groups is 1. The lowest BCUT2D eigenvalue weighted by Crippen LogP contribution is -2.44. The number of nitrogens with one attached hydrogen (secondary N) is 2. The van der Waals surface area contributed by atoms with E-state index in [0.717, 1.165) is 30.8 Å². The Kier molecular flexibility index (Phi) is 7.83. The van der Waals surface area contributed by atoms with E-state index in [-0.39, 0.29) is 36.4 Å². The summed E-state index contributed by atoms with van der Waals surface area (Å²) in [5.74, 6) is 0.675. The molecule has 0 saturated carbocycles. The van der Waals surface area contributed by atoms with E-state index in [1.807, 2.05) is 41.3 Å². The number of amides is 1. The Balaban J connectivity index is 0.00000243. The van der Waals surface area contributed by atoms with Crippen molar-refractivity contribution in [2.45, 2.75) is 12.8 Å². The smallest absolute Gasteiger partial charge is 0.246 e. The van der Waals surface area contributed by atoms with Gasteiger partial charge in [0.05, 0.1) is 6.54 Å². The maximum atomic E-state index is 12.5. The number of rotatable bonds is 5. The third kappa shape index (κ3) is 5.17. The van der Waals surface area contributed by atoms with Gasteiger partial charge in [-0.25, -0.2) is 0 Å². The molecule has 2 N–H and O–H groups in total. The van der Waals surface area contributed by atoms with Gasteiger partial charge in [-0.1, -0.05) is 24.3 Å². The molecule has 0 saturated heterocycles. The summed E-state index contributed by atoms with van der Waals surface area (Å²) in [6.45, 7) is 1.67. The Labute approximate surface area is 171 Å². The van der Waals surface area contributed by atoms with Crippen LogP contribution < -0.4 is 15.5 Å². The molecule has 0 fully saturated rings. The molecular weight excluding hydrogens is 441 g/mol. The first-order valence-electron chi connectivity index (χ1n) is 8.50. The van der Waals surface area contributed by atoms with Gasteiger partial charge in [-0.05, 0) is 30.2 Å². The van der Waals surface area contributed by atoms with Crippen LogP contribution in [0.15, 0.2) is 53.7 Å². The second kappa shape index (κ2) is 10.1. The topological polar surface area (TPSA) is 69.6 Å². The zero-order valence-corrected chi connectivity index (χ0v) is 17.1. The van der Waals surface area contributed by atoms with Crippen LogP contribution in [0.4, 0.5) is 5.69 Å². The fraction of sp³-hybridized carbons (Fsp3) is 0.316. The highest BCUT2D eigenvalue weighted by Gasteiger charge is 2.23. The fourth-order valence-electron chi connectivity index (χ4n) is 2.93. The number of hydrogen-bond acceptors (Lipinski definition) is 3. The SMILES string of the molecule is CN=C(NCCc1ccccn1)NCC(=O)N1CCc2ccccc21.I. The molecule has 3 rings (SSSR count). The van der Waals surface area contributed by atoms with Gasteiger partial charge in [0.2, 0.25) is 5.91 Å². The van der Waals surface area contributed by atoms with E-state index < -0.39 is 0 Å². The third-order valence-corrected chi connectivity index (χ3v) is 4.22. The molecule has 0 aliphatic carbocycles. The first-order chi connectivity index (χ1) is 12.3. The van der Waals surface area contributed by atoms with Crippen molar-refractivity contribution >= 4 is 41.5 Å². The quantitative estimate of drug-likeness (QED) is 0.403. The molecule has 6 nitrogen and oxygen atoms in total. The van der Waals surface area contributed by atoms with Gasteiger partial charge in [-0.2, -0.15) is 0 Å². The number of carbonyl (C=O) groups is 1. The van der Waals surface area contributed by atoms with E-state index in [2.05, 4.69) is 26.7 Å². The van der Waals surface area contributed by atoms with Gasteiger partial charge in [0.1, 0.15) is 0 Å². The number of carbonyl (C=O) groups excluding carboxylic acids is 1. The van der Waals surface area contributed by atoms with Crippen molar-refractivity contribution < 1.29 is 4.79 Å². The van der Waals surface area contributed by atoms with Crippen molar-refractivity contribution in [2.24, 2.45) is 4.99 Å². The van der Waals surface area contributed by atoms with Gasteiger partial charge in [0.25, 0.3) is 0 Å². The van der Waals surface area contributed by atoms with Crippen LogP contribution in [0, 0.1) is 0 Å². The summed E-state index contributed by atoms with van der Waals surface area (Å²) in [4.78, 5) is 22.8. The lowest BCUT2D eigenvalue weighted by atomic mass is 10.2. The van der Waals surface area contributed by atoms with Crippen molar-refractivity contribution in [1.82, 2.24) is 15.6 Å². The number of halogens is 1. The highest BCUT2D eigenvalue weighted by atomic mass is 127. The summed E-state index contributed by atoms with van der Waals surface area (Å²) < 4.78 is 0. The zero-order chi connectivity index (χ0) is 17.5. The van der Waals surface area contributed by atoms with E-state index in [1.165, 1.54) is 5.56 Å². The van der Waals surface area contributed by atoms with Gasteiger partial charge in [-0.15, -0.1) is 24.0 Å². The predicted molar refractivity (Wildman–Crippen MR) is 115 cm³/mol. The summed E-state index contributed by atoms with van der Waals surface area (Å²) in [5, 5.41) is 6.30. The van der Waals surface area contributed by atoms with Crippen molar-refractivity contribution in [1.29, 1.82) is 0 Å². The van der Waals surface area contributed by atoms with E-state index in [4.69, 9.17) is 0 Å². The Morgan fingerprint density at radius 3 is 2.77 bits per heavy atom. The van der Waals surface area contributed by atoms with Crippen molar-refractivity contribution in [3.8, 4) is 0 Å². The molecule has 0 atom stereocenters. The number of fused-ring (bicyclic) bond motifs is 1. The molecule has 0 bridgehead atoms. The van der Waals surface area contributed by atoms with Crippen LogP contribution in [-0.2, 0) is 17.6 Å².